The van der Waals surface area contributed by atoms with E-state index in [9.17, 15) is 0 Å². The van der Waals surface area contributed by atoms with Crippen molar-refractivity contribution in [3.8, 4) is 0 Å². The van der Waals surface area contributed by atoms with Crippen molar-refractivity contribution in [1.82, 2.24) is 19.9 Å². The maximum atomic E-state index is 6.05. The first-order valence-corrected chi connectivity index (χ1v) is 8.71. The summed E-state index contributed by atoms with van der Waals surface area (Å²) >= 11 is 1.53. The highest BCUT2D eigenvalue weighted by Gasteiger charge is 2.10. The third-order valence-electron chi connectivity index (χ3n) is 3.54. The summed E-state index contributed by atoms with van der Waals surface area (Å²) in [5.74, 6) is 7.21. The lowest BCUT2D eigenvalue weighted by Gasteiger charge is -2.05. The van der Waals surface area contributed by atoms with Crippen molar-refractivity contribution in [2.75, 3.05) is 11.3 Å². The van der Waals surface area contributed by atoms with Crippen LogP contribution in [0.2, 0.25) is 0 Å². The Morgan fingerprint density at radius 2 is 2.04 bits per heavy atom. The summed E-state index contributed by atoms with van der Waals surface area (Å²) in [6.45, 7) is 3.97. The van der Waals surface area contributed by atoms with Crippen molar-refractivity contribution < 1.29 is 0 Å². The fraction of sp³-hybridized carbons (Fsp3) is 0.176. The highest BCUT2D eigenvalue weighted by molar-refractivity contribution is 7.98. The van der Waals surface area contributed by atoms with Gasteiger partial charge in [-0.05, 0) is 31.5 Å². The number of nitrogens with two attached hydrogens (primary N) is 1. The minimum atomic E-state index is 0.389. The molecule has 128 valence electrons. The molecule has 0 aliphatic heterocycles. The van der Waals surface area contributed by atoms with Crippen LogP contribution in [0, 0.1) is 6.92 Å². The Morgan fingerprint density at radius 3 is 2.80 bits per heavy atom. The number of nitrogens with one attached hydrogen (secondary N) is 1. The van der Waals surface area contributed by atoms with Crippen LogP contribution in [0.15, 0.2) is 59.0 Å². The van der Waals surface area contributed by atoms with Crippen molar-refractivity contribution in [1.29, 1.82) is 0 Å². The quantitative estimate of drug-likeness (QED) is 0.306. The Hall–Kier alpha value is -2.87. The molecule has 0 amide bonds. The van der Waals surface area contributed by atoms with E-state index >= 15 is 0 Å². The van der Waals surface area contributed by atoms with Crippen LogP contribution in [0.4, 0.5) is 5.95 Å². The molecule has 2 aromatic heterocycles. The summed E-state index contributed by atoms with van der Waals surface area (Å²) in [6, 6.07) is 12.1. The summed E-state index contributed by atoms with van der Waals surface area (Å²) in [4.78, 5) is 3.99. The number of aromatic nitrogens is 4. The van der Waals surface area contributed by atoms with Gasteiger partial charge in [0.25, 0.3) is 5.95 Å². The van der Waals surface area contributed by atoms with Gasteiger partial charge in [-0.1, -0.05) is 41.6 Å². The second kappa shape index (κ2) is 7.80. The molecule has 0 atom stereocenters. The molecule has 0 spiro atoms. The van der Waals surface area contributed by atoms with Gasteiger partial charge in [0, 0.05) is 23.7 Å². The number of nitrogens with zero attached hydrogens (tertiary/aromatic N) is 5. The topological polar surface area (TPSA) is 94.0 Å². The number of hydrogen-bond acceptors (Lipinski definition) is 7. The molecular weight excluding hydrogens is 334 g/mol. The monoisotopic (exact) mass is 353 g/mol. The van der Waals surface area contributed by atoms with Gasteiger partial charge in [-0.3, -0.25) is 4.98 Å². The van der Waals surface area contributed by atoms with Crippen LogP contribution in [-0.2, 0) is 5.75 Å². The second-order valence-corrected chi connectivity index (χ2v) is 6.44. The molecule has 25 heavy (non-hydrogen) atoms. The molecule has 0 aliphatic rings. The second-order valence-electron chi connectivity index (χ2n) is 5.50. The van der Waals surface area contributed by atoms with Crippen LogP contribution in [0.25, 0.3) is 0 Å². The Balaban J connectivity index is 1.65. The van der Waals surface area contributed by atoms with Gasteiger partial charge in [-0.15, -0.1) is 10.2 Å². The van der Waals surface area contributed by atoms with E-state index in [1.807, 2.05) is 25.1 Å². The lowest BCUT2D eigenvalue weighted by molar-refractivity contribution is 0.846. The molecule has 7 nitrogen and oxygen atoms in total. The summed E-state index contributed by atoms with van der Waals surface area (Å²) in [5.41, 5.74) is 7.08. The molecule has 0 saturated heterocycles. The lowest BCUT2D eigenvalue weighted by atomic mass is 10.2. The van der Waals surface area contributed by atoms with Gasteiger partial charge >= 0.3 is 0 Å². The summed E-state index contributed by atoms with van der Waals surface area (Å²) in [7, 11) is 0. The molecule has 2 heterocycles. The Bertz CT molecular complexity index is 874. The molecule has 0 fully saturated rings. The van der Waals surface area contributed by atoms with Crippen LogP contribution in [0.1, 0.15) is 23.6 Å². The number of nitrogen functional groups attached to an aromatic ring is 1. The highest BCUT2D eigenvalue weighted by Crippen LogP contribution is 2.22. The molecule has 0 saturated carbocycles. The van der Waals surface area contributed by atoms with Gasteiger partial charge in [-0.2, -0.15) is 5.10 Å². The number of pyridine rings is 1. The van der Waals surface area contributed by atoms with Gasteiger partial charge in [0.1, 0.15) is 0 Å². The van der Waals surface area contributed by atoms with Crippen molar-refractivity contribution in [2.24, 2.45) is 5.10 Å². The number of hydrazone groups is 1. The third kappa shape index (κ3) is 4.36. The molecule has 0 bridgehead atoms. The maximum Gasteiger partial charge on any atom is 0.264 e. The normalized spacial score (nSPS) is 11.5. The third-order valence-corrected chi connectivity index (χ3v) is 4.55. The average Bonchev–Trinajstić information content (AvgIpc) is 2.98. The molecule has 0 unspecified atom stereocenters. The van der Waals surface area contributed by atoms with Crippen LogP contribution in [0.3, 0.4) is 0 Å². The van der Waals surface area contributed by atoms with E-state index in [-0.39, 0.29) is 0 Å². The molecular formula is C17H19N7S. The van der Waals surface area contributed by atoms with E-state index in [0.29, 0.717) is 11.1 Å². The van der Waals surface area contributed by atoms with E-state index in [2.05, 4.69) is 50.8 Å². The number of hydrogen-bond donors (Lipinski definition) is 2. The van der Waals surface area contributed by atoms with Gasteiger partial charge in [-0.25, -0.2) is 10.1 Å². The minimum Gasteiger partial charge on any atom is -0.334 e. The number of rotatable bonds is 6. The standard InChI is InChI=1S/C17H19N7S/c1-12-4-3-5-14(10-12)11-25-17-23-22-16(24(17)18)21-20-13(2)15-6-8-19-9-7-15/h3-10H,11,18H2,1-2H3,(H,21,22)/b20-13+. The Kier molecular flexibility index (Phi) is 5.30. The predicted octanol–water partition coefficient (Wildman–Crippen LogP) is 2.82. The van der Waals surface area contributed by atoms with Crippen LogP contribution in [0.5, 0.6) is 0 Å². The van der Waals surface area contributed by atoms with Crippen LogP contribution < -0.4 is 11.3 Å². The molecule has 8 heteroatoms. The predicted molar refractivity (Wildman–Crippen MR) is 101 cm³/mol. The first-order valence-electron chi connectivity index (χ1n) is 7.73. The fourth-order valence-electron chi connectivity index (χ4n) is 2.19. The lowest BCUT2D eigenvalue weighted by Crippen LogP contribution is -2.13. The van der Waals surface area contributed by atoms with Gasteiger partial charge in [0.2, 0.25) is 5.16 Å². The first kappa shape index (κ1) is 17.0. The number of anilines is 1. The number of benzene rings is 1. The van der Waals surface area contributed by atoms with E-state index < -0.39 is 0 Å². The average molecular weight is 353 g/mol. The summed E-state index contributed by atoms with van der Waals surface area (Å²) in [5, 5.41) is 13.1. The van der Waals surface area contributed by atoms with E-state index in [1.54, 1.807) is 12.4 Å². The van der Waals surface area contributed by atoms with Crippen molar-refractivity contribution >= 4 is 23.4 Å². The highest BCUT2D eigenvalue weighted by atomic mass is 32.2. The molecule has 3 rings (SSSR count). The molecule has 3 aromatic rings. The van der Waals surface area contributed by atoms with Crippen molar-refractivity contribution in [3.05, 3.63) is 65.5 Å². The van der Waals surface area contributed by atoms with Gasteiger partial charge < -0.3 is 5.84 Å². The summed E-state index contributed by atoms with van der Waals surface area (Å²) in [6.07, 6.45) is 3.44. The van der Waals surface area contributed by atoms with Crippen LogP contribution in [-0.4, -0.2) is 25.6 Å². The number of aryl methyl sites for hydroxylation is 1. The Labute approximate surface area is 150 Å². The first-order chi connectivity index (χ1) is 12.1. The largest absolute Gasteiger partial charge is 0.334 e. The zero-order valence-electron chi connectivity index (χ0n) is 14.0. The summed E-state index contributed by atoms with van der Waals surface area (Å²) < 4.78 is 1.41. The minimum absolute atomic E-state index is 0.389. The Morgan fingerprint density at radius 1 is 1.24 bits per heavy atom. The van der Waals surface area contributed by atoms with Crippen molar-refractivity contribution in [2.45, 2.75) is 24.8 Å². The van der Waals surface area contributed by atoms with E-state index in [0.717, 1.165) is 17.0 Å². The van der Waals surface area contributed by atoms with Crippen LogP contribution >= 0.6 is 11.8 Å². The van der Waals surface area contributed by atoms with E-state index in [1.165, 1.54) is 27.6 Å². The van der Waals surface area contributed by atoms with Gasteiger partial charge in [0.15, 0.2) is 0 Å². The molecule has 3 N–H and O–H groups in total. The van der Waals surface area contributed by atoms with Gasteiger partial charge in [0.05, 0.1) is 5.71 Å². The number of thioether (sulfide) groups is 1. The molecule has 1 aromatic carbocycles. The zero-order chi connectivity index (χ0) is 17.6. The SMILES string of the molecule is C/C(=N\Nc1nnc(SCc2cccc(C)c2)n1N)c1ccncc1. The fourth-order valence-corrected chi connectivity index (χ4v) is 2.99. The maximum absolute atomic E-state index is 6.05. The van der Waals surface area contributed by atoms with E-state index in [4.69, 9.17) is 5.84 Å². The molecule has 0 aliphatic carbocycles. The zero-order valence-corrected chi connectivity index (χ0v) is 14.9. The van der Waals surface area contributed by atoms with Crippen molar-refractivity contribution in [3.63, 3.8) is 0 Å². The smallest absolute Gasteiger partial charge is 0.264 e. The molecule has 0 radical (unpaired) electrons.